The summed E-state index contributed by atoms with van der Waals surface area (Å²) in [5.41, 5.74) is 2.39. The van der Waals surface area contributed by atoms with Gasteiger partial charge in [-0.1, -0.05) is 42.5 Å². The molecule has 0 aliphatic carbocycles. The van der Waals surface area contributed by atoms with Crippen LogP contribution in [0.3, 0.4) is 0 Å². The van der Waals surface area contributed by atoms with Crippen LogP contribution in [0.15, 0.2) is 88.9 Å². The third kappa shape index (κ3) is 4.99. The zero-order valence-corrected chi connectivity index (χ0v) is 19.5. The van der Waals surface area contributed by atoms with Gasteiger partial charge < -0.3 is 5.32 Å². The average Bonchev–Trinajstić information content (AvgIpc) is 3.28. The van der Waals surface area contributed by atoms with E-state index in [4.69, 9.17) is 0 Å². The number of nitrogens with zero attached hydrogens (tertiary/aromatic N) is 2. The zero-order chi connectivity index (χ0) is 24.3. The minimum absolute atomic E-state index is 0.0941. The van der Waals surface area contributed by atoms with E-state index >= 15 is 0 Å². The molecule has 2 N–H and O–H groups in total. The van der Waals surface area contributed by atoms with Gasteiger partial charge in [0.2, 0.25) is 0 Å². The third-order valence-corrected chi connectivity index (χ3v) is 6.84. The summed E-state index contributed by atoms with van der Waals surface area (Å²) in [6.07, 6.45) is 0.176. The molecule has 1 unspecified atom stereocenters. The van der Waals surface area contributed by atoms with Crippen molar-refractivity contribution in [3.8, 4) is 0 Å². The minimum atomic E-state index is -3.78. The number of nitrogens with one attached hydrogen (secondary N) is 2. The summed E-state index contributed by atoms with van der Waals surface area (Å²) >= 11 is 0. The Morgan fingerprint density at radius 3 is 2.26 bits per heavy atom. The van der Waals surface area contributed by atoms with Crippen LogP contribution in [0.2, 0.25) is 0 Å². The fourth-order valence-corrected chi connectivity index (χ4v) is 4.74. The summed E-state index contributed by atoms with van der Waals surface area (Å²) in [6.45, 7) is 3.24. The maximum atomic E-state index is 12.9. The first-order valence-corrected chi connectivity index (χ1v) is 12.1. The van der Waals surface area contributed by atoms with Gasteiger partial charge in [-0.2, -0.15) is 5.10 Å². The lowest BCUT2D eigenvalue weighted by Crippen LogP contribution is -2.33. The molecule has 4 rings (SSSR count). The highest BCUT2D eigenvalue weighted by molar-refractivity contribution is 7.92. The predicted octanol–water partition coefficient (Wildman–Crippen LogP) is 3.96. The molecule has 9 heteroatoms. The van der Waals surface area contributed by atoms with Gasteiger partial charge in [-0.3, -0.25) is 19.3 Å². The van der Waals surface area contributed by atoms with E-state index in [1.807, 2.05) is 30.3 Å². The van der Waals surface area contributed by atoms with Crippen molar-refractivity contribution in [2.24, 2.45) is 5.10 Å². The molecule has 34 heavy (non-hydrogen) atoms. The first-order valence-electron chi connectivity index (χ1n) is 10.7. The maximum Gasteiger partial charge on any atom is 0.271 e. The van der Waals surface area contributed by atoms with E-state index in [1.165, 1.54) is 19.1 Å². The van der Waals surface area contributed by atoms with Crippen LogP contribution >= 0.6 is 0 Å². The molecule has 0 spiro atoms. The number of carbonyl (C=O) groups is 2. The van der Waals surface area contributed by atoms with Crippen LogP contribution in [0.4, 0.5) is 17.1 Å². The molecule has 1 amide bonds. The number of ketones is 1. The van der Waals surface area contributed by atoms with Gasteiger partial charge >= 0.3 is 0 Å². The van der Waals surface area contributed by atoms with Crippen LogP contribution in [-0.2, 0) is 19.6 Å². The van der Waals surface area contributed by atoms with E-state index in [0.29, 0.717) is 16.9 Å². The number of hydrogen-bond donors (Lipinski definition) is 2. The lowest BCUT2D eigenvalue weighted by molar-refractivity contribution is -0.118. The number of rotatable bonds is 7. The number of hydrazone groups is 1. The van der Waals surface area contributed by atoms with Crippen LogP contribution in [0.5, 0.6) is 0 Å². The number of para-hydroxylation sites is 1. The summed E-state index contributed by atoms with van der Waals surface area (Å²) < 4.78 is 28.0. The number of carbonyl (C=O) groups excluding carboxylic acids is 2. The number of hydrogen-bond acceptors (Lipinski definition) is 6. The van der Waals surface area contributed by atoms with Gasteiger partial charge in [-0.25, -0.2) is 8.42 Å². The monoisotopic (exact) mass is 476 g/mol. The second kappa shape index (κ2) is 9.48. The molecule has 0 saturated carbocycles. The van der Waals surface area contributed by atoms with E-state index in [1.54, 1.807) is 48.3 Å². The highest BCUT2D eigenvalue weighted by Gasteiger charge is 2.34. The molecule has 1 heterocycles. The fourth-order valence-electron chi connectivity index (χ4n) is 3.60. The second-order valence-electron chi connectivity index (χ2n) is 7.96. The van der Waals surface area contributed by atoms with Crippen LogP contribution in [0.1, 0.15) is 18.9 Å². The quantitative estimate of drug-likeness (QED) is 0.537. The fraction of sp³-hybridized carbons (Fsp3) is 0.160. The molecule has 0 aromatic heterocycles. The molecular formula is C25H24N4O4S. The van der Waals surface area contributed by atoms with E-state index in [-0.39, 0.29) is 22.8 Å². The molecule has 174 valence electrons. The summed E-state index contributed by atoms with van der Waals surface area (Å²) in [7, 11) is -3.78. The van der Waals surface area contributed by atoms with Crippen molar-refractivity contribution in [3.63, 3.8) is 0 Å². The molecule has 8 nitrogen and oxygen atoms in total. The highest BCUT2D eigenvalue weighted by Crippen LogP contribution is 2.27. The SMILES string of the molecule is CC(=O)C1CC(C(=O)Nc2ccc(C)c(NS(=O)(=O)c3ccccc3)c2)=NN1c1ccccc1. The van der Waals surface area contributed by atoms with Crippen molar-refractivity contribution >= 4 is 44.5 Å². The van der Waals surface area contributed by atoms with Crippen molar-refractivity contribution in [2.75, 3.05) is 15.0 Å². The van der Waals surface area contributed by atoms with E-state index in [2.05, 4.69) is 15.1 Å². The Balaban J connectivity index is 1.54. The minimum Gasteiger partial charge on any atom is -0.321 e. The number of amides is 1. The number of Topliss-reactive ketones (excluding diaryl/α,β-unsaturated/α-hetero) is 1. The van der Waals surface area contributed by atoms with Crippen molar-refractivity contribution in [3.05, 3.63) is 84.4 Å². The van der Waals surface area contributed by atoms with Crippen molar-refractivity contribution in [1.82, 2.24) is 0 Å². The van der Waals surface area contributed by atoms with Gasteiger partial charge in [0.15, 0.2) is 5.78 Å². The van der Waals surface area contributed by atoms with E-state index < -0.39 is 22.0 Å². The van der Waals surface area contributed by atoms with Crippen LogP contribution in [-0.4, -0.2) is 31.9 Å². The Labute approximate surface area is 198 Å². The summed E-state index contributed by atoms with van der Waals surface area (Å²) in [5, 5.41) is 8.73. The normalized spacial score (nSPS) is 15.5. The third-order valence-electron chi connectivity index (χ3n) is 5.46. The first-order chi connectivity index (χ1) is 16.2. The van der Waals surface area contributed by atoms with Crippen LogP contribution < -0.4 is 15.0 Å². The molecule has 0 saturated heterocycles. The maximum absolute atomic E-state index is 12.9. The Hall–Kier alpha value is -3.98. The number of anilines is 3. The van der Waals surface area contributed by atoms with Crippen molar-refractivity contribution in [2.45, 2.75) is 31.2 Å². The molecular weight excluding hydrogens is 452 g/mol. The smallest absolute Gasteiger partial charge is 0.271 e. The summed E-state index contributed by atoms with van der Waals surface area (Å²) in [6, 6.07) is 21.6. The van der Waals surface area contributed by atoms with E-state index in [9.17, 15) is 18.0 Å². The van der Waals surface area contributed by atoms with Gasteiger partial charge in [0.25, 0.3) is 15.9 Å². The van der Waals surface area contributed by atoms with Crippen LogP contribution in [0, 0.1) is 6.92 Å². The van der Waals surface area contributed by atoms with Gasteiger partial charge in [-0.15, -0.1) is 0 Å². The lowest BCUT2D eigenvalue weighted by Gasteiger charge is -2.20. The molecule has 1 aliphatic heterocycles. The number of benzene rings is 3. The van der Waals surface area contributed by atoms with Gasteiger partial charge in [0.1, 0.15) is 11.8 Å². The molecule has 3 aromatic carbocycles. The molecule has 0 fully saturated rings. The summed E-state index contributed by atoms with van der Waals surface area (Å²) in [4.78, 5) is 25.3. The Bertz CT molecular complexity index is 1360. The standard InChI is InChI=1S/C25H24N4O4S/c1-17-13-14-19(15-22(17)28-34(32,33)21-11-7-4-8-12-21)26-25(31)23-16-24(18(2)30)29(27-23)20-9-5-3-6-10-20/h3-15,24,28H,16H2,1-2H3,(H,26,31). The first kappa shape index (κ1) is 23.2. The topological polar surface area (TPSA) is 108 Å². The molecule has 3 aromatic rings. The van der Waals surface area contributed by atoms with Gasteiger partial charge in [0.05, 0.1) is 16.3 Å². The molecule has 0 radical (unpaired) electrons. The molecule has 1 atom stereocenters. The number of aryl methyl sites for hydroxylation is 1. The van der Waals surface area contributed by atoms with Gasteiger partial charge in [-0.05, 0) is 55.8 Å². The molecule has 1 aliphatic rings. The summed E-state index contributed by atoms with van der Waals surface area (Å²) in [5.74, 6) is -0.547. The van der Waals surface area contributed by atoms with Crippen molar-refractivity contribution < 1.29 is 18.0 Å². The van der Waals surface area contributed by atoms with E-state index in [0.717, 1.165) is 5.69 Å². The predicted molar refractivity (Wildman–Crippen MR) is 133 cm³/mol. The largest absolute Gasteiger partial charge is 0.321 e. The van der Waals surface area contributed by atoms with Crippen LogP contribution in [0.25, 0.3) is 0 Å². The second-order valence-corrected chi connectivity index (χ2v) is 9.64. The molecule has 0 bridgehead atoms. The lowest BCUT2D eigenvalue weighted by atomic mass is 10.1. The van der Waals surface area contributed by atoms with Crippen molar-refractivity contribution in [1.29, 1.82) is 0 Å². The average molecular weight is 477 g/mol. The zero-order valence-electron chi connectivity index (χ0n) is 18.7. The Morgan fingerprint density at radius 2 is 1.62 bits per heavy atom. The highest BCUT2D eigenvalue weighted by atomic mass is 32.2. The number of sulfonamides is 1. The van der Waals surface area contributed by atoms with Gasteiger partial charge in [0, 0.05) is 12.1 Å². The Morgan fingerprint density at radius 1 is 0.971 bits per heavy atom. The Kier molecular flexibility index (Phi) is 6.47.